The van der Waals surface area contributed by atoms with Crippen molar-refractivity contribution in [1.29, 1.82) is 0 Å². The minimum Gasteiger partial charge on any atom is -0.497 e. The van der Waals surface area contributed by atoms with E-state index in [4.69, 9.17) is 14.5 Å². The first-order valence-electron chi connectivity index (χ1n) is 11.1. The Balaban J connectivity index is 1.56. The summed E-state index contributed by atoms with van der Waals surface area (Å²) in [6.07, 6.45) is 5.89. The van der Waals surface area contributed by atoms with Crippen LogP contribution < -0.4 is 4.74 Å². The van der Waals surface area contributed by atoms with E-state index in [-0.39, 0.29) is 5.78 Å². The predicted octanol–water partition coefficient (Wildman–Crippen LogP) is 5.40. The van der Waals surface area contributed by atoms with E-state index >= 15 is 0 Å². The van der Waals surface area contributed by atoms with Crippen LogP contribution in [0.15, 0.2) is 48.5 Å². The number of pyridine rings is 1. The number of rotatable bonds is 4. The zero-order chi connectivity index (χ0) is 22.1. The standard InChI is InChI=1S/C27H25NO4/c1-31-19-13-10-17(11-14-19)16-18-12-15-21-25(20-6-2-3-7-22(20)28-26(18)21)27(30)32-24-9-5-4-8-23(24)29/h2-3,6-7,10-11,13-14,16,24H,4-5,8-9,12,15H2,1H3. The van der Waals surface area contributed by atoms with Gasteiger partial charge in [-0.1, -0.05) is 30.3 Å². The number of fused-ring (bicyclic) bond motifs is 2. The minimum atomic E-state index is -0.630. The first kappa shape index (κ1) is 20.4. The molecule has 0 aliphatic heterocycles. The summed E-state index contributed by atoms with van der Waals surface area (Å²) in [6.45, 7) is 0. The van der Waals surface area contributed by atoms with Gasteiger partial charge in [-0.15, -0.1) is 0 Å². The van der Waals surface area contributed by atoms with Crippen LogP contribution in [0, 0.1) is 0 Å². The number of hydrogen-bond acceptors (Lipinski definition) is 5. The molecule has 1 fully saturated rings. The fourth-order valence-electron chi connectivity index (χ4n) is 4.68. The highest BCUT2D eigenvalue weighted by Gasteiger charge is 2.31. The highest BCUT2D eigenvalue weighted by atomic mass is 16.5. The molecule has 1 heterocycles. The molecule has 162 valence electrons. The fraction of sp³-hybridized carbons (Fsp3) is 0.296. The van der Waals surface area contributed by atoms with E-state index in [2.05, 4.69) is 6.08 Å². The van der Waals surface area contributed by atoms with Crippen molar-refractivity contribution in [1.82, 2.24) is 4.98 Å². The molecule has 5 heteroatoms. The van der Waals surface area contributed by atoms with Gasteiger partial charge >= 0.3 is 5.97 Å². The van der Waals surface area contributed by atoms with Crippen LogP contribution in [-0.2, 0) is 16.0 Å². The summed E-state index contributed by atoms with van der Waals surface area (Å²) in [5.74, 6) is 0.427. The van der Waals surface area contributed by atoms with Crippen LogP contribution >= 0.6 is 0 Å². The van der Waals surface area contributed by atoms with Crippen LogP contribution in [-0.4, -0.2) is 30.0 Å². The van der Waals surface area contributed by atoms with E-state index in [9.17, 15) is 9.59 Å². The SMILES string of the molecule is COc1ccc(C=C2CCc3c2nc2ccccc2c3C(=O)OC2CCCCC2=O)cc1. The summed E-state index contributed by atoms with van der Waals surface area (Å²) in [5.41, 5.74) is 5.23. The maximum atomic E-state index is 13.3. The lowest BCUT2D eigenvalue weighted by Gasteiger charge is -2.21. The number of benzene rings is 2. The van der Waals surface area contributed by atoms with Gasteiger partial charge < -0.3 is 9.47 Å². The number of ketones is 1. The van der Waals surface area contributed by atoms with E-state index < -0.39 is 12.1 Å². The highest BCUT2D eigenvalue weighted by molar-refractivity contribution is 6.07. The molecule has 5 rings (SSSR count). The number of esters is 1. The van der Waals surface area contributed by atoms with E-state index in [1.165, 1.54) is 0 Å². The Bertz CT molecular complexity index is 1230. The van der Waals surface area contributed by atoms with Crippen LogP contribution in [0.4, 0.5) is 0 Å². The van der Waals surface area contributed by atoms with Gasteiger partial charge in [0.2, 0.25) is 0 Å². The first-order valence-corrected chi connectivity index (χ1v) is 11.1. The lowest BCUT2D eigenvalue weighted by atomic mass is 9.96. The fourth-order valence-corrected chi connectivity index (χ4v) is 4.68. The van der Waals surface area contributed by atoms with Crippen molar-refractivity contribution >= 4 is 34.3 Å². The Morgan fingerprint density at radius 2 is 1.84 bits per heavy atom. The summed E-state index contributed by atoms with van der Waals surface area (Å²) in [5, 5.41) is 0.783. The summed E-state index contributed by atoms with van der Waals surface area (Å²) in [7, 11) is 1.65. The van der Waals surface area contributed by atoms with E-state index in [0.29, 0.717) is 18.4 Å². The molecule has 0 spiro atoms. The van der Waals surface area contributed by atoms with E-state index in [0.717, 1.165) is 64.7 Å². The average molecular weight is 428 g/mol. The van der Waals surface area contributed by atoms with Crippen molar-refractivity contribution in [3.05, 3.63) is 70.9 Å². The summed E-state index contributed by atoms with van der Waals surface area (Å²) < 4.78 is 11.0. The van der Waals surface area contributed by atoms with Crippen LogP contribution in [0.2, 0.25) is 0 Å². The number of carbonyl (C=O) groups excluding carboxylic acids is 2. The van der Waals surface area contributed by atoms with Crippen molar-refractivity contribution in [3.63, 3.8) is 0 Å². The van der Waals surface area contributed by atoms with Crippen molar-refractivity contribution in [2.45, 2.75) is 44.6 Å². The lowest BCUT2D eigenvalue weighted by Crippen LogP contribution is -2.30. The molecule has 1 unspecified atom stereocenters. The number of nitrogens with zero attached hydrogens (tertiary/aromatic N) is 1. The number of aromatic nitrogens is 1. The second kappa shape index (κ2) is 8.58. The van der Waals surface area contributed by atoms with Gasteiger partial charge in [-0.3, -0.25) is 4.79 Å². The largest absolute Gasteiger partial charge is 0.497 e. The Labute approximate surface area is 187 Å². The second-order valence-corrected chi connectivity index (χ2v) is 8.38. The number of ether oxygens (including phenoxy) is 2. The minimum absolute atomic E-state index is 0.0275. The van der Waals surface area contributed by atoms with Crippen LogP contribution in [0.3, 0.4) is 0 Å². The quantitative estimate of drug-likeness (QED) is 0.522. The molecule has 32 heavy (non-hydrogen) atoms. The summed E-state index contributed by atoms with van der Waals surface area (Å²) in [4.78, 5) is 30.5. The van der Waals surface area contributed by atoms with Crippen LogP contribution in [0.5, 0.6) is 5.75 Å². The number of methoxy groups -OCH3 is 1. The molecule has 1 aromatic heterocycles. The van der Waals surface area contributed by atoms with Gasteiger partial charge in [0.05, 0.1) is 23.9 Å². The summed E-state index contributed by atoms with van der Waals surface area (Å²) in [6, 6.07) is 15.5. The molecule has 2 aliphatic rings. The number of allylic oxidation sites excluding steroid dienone is 1. The highest BCUT2D eigenvalue weighted by Crippen LogP contribution is 2.38. The number of para-hydroxylation sites is 1. The number of Topliss-reactive ketones (excluding diaryl/α,β-unsaturated/α-hetero) is 1. The third kappa shape index (κ3) is 3.79. The van der Waals surface area contributed by atoms with Gasteiger partial charge in [0, 0.05) is 11.8 Å². The van der Waals surface area contributed by atoms with Gasteiger partial charge in [0.1, 0.15) is 5.75 Å². The molecule has 5 nitrogen and oxygen atoms in total. The van der Waals surface area contributed by atoms with E-state index in [1.54, 1.807) is 7.11 Å². The first-order chi connectivity index (χ1) is 15.6. The lowest BCUT2D eigenvalue weighted by molar-refractivity contribution is -0.129. The molecule has 1 atom stereocenters. The van der Waals surface area contributed by atoms with E-state index in [1.807, 2.05) is 48.5 Å². The third-order valence-corrected chi connectivity index (χ3v) is 6.35. The molecule has 0 amide bonds. The molecule has 3 aromatic rings. The van der Waals surface area contributed by atoms with Crippen LogP contribution in [0.1, 0.15) is 59.3 Å². The maximum Gasteiger partial charge on any atom is 0.339 e. The molecular weight excluding hydrogens is 402 g/mol. The molecule has 0 N–H and O–H groups in total. The topological polar surface area (TPSA) is 65.5 Å². The third-order valence-electron chi connectivity index (χ3n) is 6.35. The van der Waals surface area contributed by atoms with Crippen molar-refractivity contribution in [2.75, 3.05) is 7.11 Å². The van der Waals surface area contributed by atoms with Crippen LogP contribution in [0.25, 0.3) is 22.6 Å². The zero-order valence-corrected chi connectivity index (χ0v) is 18.1. The molecule has 0 radical (unpaired) electrons. The Morgan fingerprint density at radius 1 is 1.03 bits per heavy atom. The number of hydrogen-bond donors (Lipinski definition) is 0. The molecule has 2 aromatic carbocycles. The summed E-state index contributed by atoms with van der Waals surface area (Å²) >= 11 is 0. The van der Waals surface area contributed by atoms with Crippen molar-refractivity contribution in [3.8, 4) is 5.75 Å². The molecule has 0 saturated heterocycles. The Morgan fingerprint density at radius 3 is 2.62 bits per heavy atom. The van der Waals surface area contributed by atoms with Gasteiger partial charge in [-0.05, 0) is 73.1 Å². The zero-order valence-electron chi connectivity index (χ0n) is 18.1. The monoisotopic (exact) mass is 427 g/mol. The smallest absolute Gasteiger partial charge is 0.339 e. The second-order valence-electron chi connectivity index (χ2n) is 8.38. The maximum absolute atomic E-state index is 13.3. The molecular formula is C27H25NO4. The van der Waals surface area contributed by atoms with Crippen molar-refractivity contribution < 1.29 is 19.1 Å². The van der Waals surface area contributed by atoms with Gasteiger partial charge in [-0.25, -0.2) is 9.78 Å². The Hall–Kier alpha value is -3.47. The molecule has 0 bridgehead atoms. The molecule has 1 saturated carbocycles. The molecule has 2 aliphatic carbocycles. The Kier molecular flexibility index (Phi) is 5.48. The number of carbonyl (C=O) groups is 2. The van der Waals surface area contributed by atoms with Crippen molar-refractivity contribution in [2.24, 2.45) is 0 Å². The predicted molar refractivity (Wildman–Crippen MR) is 124 cm³/mol. The average Bonchev–Trinajstić information content (AvgIpc) is 3.21. The normalized spacial score (nSPS) is 19.2. The van der Waals surface area contributed by atoms with Gasteiger partial charge in [-0.2, -0.15) is 0 Å². The van der Waals surface area contributed by atoms with Gasteiger partial charge in [0.15, 0.2) is 11.9 Å². The van der Waals surface area contributed by atoms with Gasteiger partial charge in [0.25, 0.3) is 0 Å².